The van der Waals surface area contributed by atoms with Gasteiger partial charge in [-0.15, -0.1) is 0 Å². The molecule has 0 unspecified atom stereocenters. The molecular formula is C21H29FN4O2. The molecule has 0 radical (unpaired) electrons. The number of ether oxygens (including phenoxy) is 2. The van der Waals surface area contributed by atoms with Crippen LogP contribution in [0.4, 0.5) is 15.9 Å². The number of hydrogen-bond donors (Lipinski definition) is 0. The van der Waals surface area contributed by atoms with Gasteiger partial charge in [-0.3, -0.25) is 0 Å². The Morgan fingerprint density at radius 1 is 1.00 bits per heavy atom. The van der Waals surface area contributed by atoms with Crippen LogP contribution >= 0.6 is 0 Å². The van der Waals surface area contributed by atoms with Crippen molar-refractivity contribution in [2.45, 2.75) is 32.8 Å². The van der Waals surface area contributed by atoms with E-state index in [1.165, 1.54) is 12.1 Å². The van der Waals surface area contributed by atoms with Gasteiger partial charge in [-0.2, -0.15) is 0 Å². The van der Waals surface area contributed by atoms with Gasteiger partial charge in [0, 0.05) is 50.8 Å². The van der Waals surface area contributed by atoms with E-state index in [1.807, 2.05) is 6.07 Å². The number of piperazine rings is 1. The van der Waals surface area contributed by atoms with Gasteiger partial charge >= 0.3 is 0 Å². The Kier molecular flexibility index (Phi) is 6.03. The fourth-order valence-corrected chi connectivity index (χ4v) is 3.29. The van der Waals surface area contributed by atoms with Crippen molar-refractivity contribution in [1.82, 2.24) is 9.97 Å². The highest BCUT2D eigenvalue weighted by atomic mass is 19.1. The zero-order valence-electron chi connectivity index (χ0n) is 17.3. The van der Waals surface area contributed by atoms with Crippen LogP contribution in [-0.4, -0.2) is 50.4 Å². The minimum Gasteiger partial charge on any atom is -0.494 e. The standard InChI is InChI=1S/C21H29FN4O2/c1-21(2,3)20-23-16(14-27-4)13-19(24-20)26-10-8-25(9-11-26)17-7-6-15(22)12-18(17)28-5/h6-7,12-13H,8-11,14H2,1-5H3. The first-order valence-corrected chi connectivity index (χ1v) is 9.52. The molecule has 28 heavy (non-hydrogen) atoms. The SMILES string of the molecule is COCc1cc(N2CCN(c3ccc(F)cc3OC)CC2)nc(C(C)(C)C)n1. The van der Waals surface area contributed by atoms with E-state index in [1.54, 1.807) is 20.3 Å². The largest absolute Gasteiger partial charge is 0.494 e. The zero-order valence-corrected chi connectivity index (χ0v) is 17.3. The number of nitrogens with zero attached hydrogens (tertiary/aromatic N) is 4. The average molecular weight is 388 g/mol. The Balaban J connectivity index is 1.78. The van der Waals surface area contributed by atoms with Gasteiger partial charge in [0.2, 0.25) is 0 Å². The van der Waals surface area contributed by atoms with E-state index in [4.69, 9.17) is 14.5 Å². The van der Waals surface area contributed by atoms with Crippen molar-refractivity contribution in [1.29, 1.82) is 0 Å². The van der Waals surface area contributed by atoms with E-state index in [-0.39, 0.29) is 11.2 Å². The molecule has 152 valence electrons. The molecule has 2 heterocycles. The van der Waals surface area contributed by atoms with Crippen LogP contribution in [0.5, 0.6) is 5.75 Å². The molecule has 0 saturated carbocycles. The molecular weight excluding hydrogens is 359 g/mol. The van der Waals surface area contributed by atoms with Gasteiger partial charge < -0.3 is 19.3 Å². The molecule has 0 amide bonds. The molecule has 1 aromatic heterocycles. The lowest BCUT2D eigenvalue weighted by atomic mass is 9.95. The molecule has 1 aromatic carbocycles. The van der Waals surface area contributed by atoms with Crippen molar-refractivity contribution in [2.24, 2.45) is 0 Å². The Morgan fingerprint density at radius 3 is 2.29 bits per heavy atom. The third-order valence-corrected chi connectivity index (χ3v) is 4.81. The van der Waals surface area contributed by atoms with E-state index < -0.39 is 0 Å². The molecule has 0 atom stereocenters. The van der Waals surface area contributed by atoms with Crippen LogP contribution in [0, 0.1) is 5.82 Å². The predicted molar refractivity (Wildman–Crippen MR) is 109 cm³/mol. The lowest BCUT2D eigenvalue weighted by Crippen LogP contribution is -2.47. The highest BCUT2D eigenvalue weighted by molar-refractivity contribution is 5.59. The summed E-state index contributed by atoms with van der Waals surface area (Å²) in [5.41, 5.74) is 1.67. The first kappa shape index (κ1) is 20.3. The third kappa shape index (κ3) is 4.52. The predicted octanol–water partition coefficient (Wildman–Crippen LogP) is 3.39. The summed E-state index contributed by atoms with van der Waals surface area (Å²) in [6, 6.07) is 6.69. The van der Waals surface area contributed by atoms with E-state index in [0.717, 1.165) is 49.2 Å². The van der Waals surface area contributed by atoms with Crippen LogP contribution in [0.2, 0.25) is 0 Å². The van der Waals surface area contributed by atoms with Gasteiger partial charge in [-0.05, 0) is 12.1 Å². The monoisotopic (exact) mass is 388 g/mol. The second-order valence-corrected chi connectivity index (χ2v) is 8.01. The van der Waals surface area contributed by atoms with E-state index in [2.05, 4.69) is 35.6 Å². The third-order valence-electron chi connectivity index (χ3n) is 4.81. The second-order valence-electron chi connectivity index (χ2n) is 8.01. The average Bonchev–Trinajstić information content (AvgIpc) is 2.67. The van der Waals surface area contributed by atoms with E-state index >= 15 is 0 Å². The number of aromatic nitrogens is 2. The molecule has 0 spiro atoms. The number of anilines is 2. The van der Waals surface area contributed by atoms with Crippen LogP contribution in [0.1, 0.15) is 32.3 Å². The lowest BCUT2D eigenvalue weighted by molar-refractivity contribution is 0.181. The van der Waals surface area contributed by atoms with Crippen molar-refractivity contribution in [3.63, 3.8) is 0 Å². The summed E-state index contributed by atoms with van der Waals surface area (Å²) in [5, 5.41) is 0. The summed E-state index contributed by atoms with van der Waals surface area (Å²) < 4.78 is 24.1. The number of methoxy groups -OCH3 is 2. The number of benzene rings is 1. The van der Waals surface area contributed by atoms with Gasteiger partial charge in [-0.25, -0.2) is 14.4 Å². The summed E-state index contributed by atoms with van der Waals surface area (Å²) in [7, 11) is 3.24. The summed E-state index contributed by atoms with van der Waals surface area (Å²) in [5.74, 6) is 2.02. The number of hydrogen-bond acceptors (Lipinski definition) is 6. The van der Waals surface area contributed by atoms with Crippen molar-refractivity contribution in [3.8, 4) is 5.75 Å². The molecule has 1 aliphatic heterocycles. The molecule has 1 aliphatic rings. The van der Waals surface area contributed by atoms with Crippen LogP contribution < -0.4 is 14.5 Å². The van der Waals surface area contributed by atoms with Crippen molar-refractivity contribution < 1.29 is 13.9 Å². The smallest absolute Gasteiger partial charge is 0.145 e. The molecule has 0 aliphatic carbocycles. The maximum atomic E-state index is 13.5. The molecule has 0 bridgehead atoms. The molecule has 1 fully saturated rings. The fourth-order valence-electron chi connectivity index (χ4n) is 3.29. The highest BCUT2D eigenvalue weighted by Crippen LogP contribution is 2.30. The number of halogens is 1. The Labute approximate surface area is 166 Å². The first-order valence-electron chi connectivity index (χ1n) is 9.52. The zero-order chi connectivity index (χ0) is 20.3. The van der Waals surface area contributed by atoms with Crippen LogP contribution in [-0.2, 0) is 16.8 Å². The molecule has 3 rings (SSSR count). The summed E-state index contributed by atoms with van der Waals surface area (Å²) in [4.78, 5) is 14.0. The minimum absolute atomic E-state index is 0.137. The Bertz CT molecular complexity index is 815. The first-order chi connectivity index (χ1) is 13.3. The number of rotatable bonds is 5. The fraction of sp³-hybridized carbons (Fsp3) is 0.524. The van der Waals surface area contributed by atoms with Crippen molar-refractivity contribution in [3.05, 3.63) is 41.6 Å². The summed E-state index contributed by atoms with van der Waals surface area (Å²) in [6.45, 7) is 10.0. The summed E-state index contributed by atoms with van der Waals surface area (Å²) >= 11 is 0. The second kappa shape index (κ2) is 8.31. The molecule has 6 nitrogen and oxygen atoms in total. The van der Waals surface area contributed by atoms with E-state index in [0.29, 0.717) is 12.4 Å². The molecule has 1 saturated heterocycles. The quantitative estimate of drug-likeness (QED) is 0.783. The van der Waals surface area contributed by atoms with Gasteiger partial charge in [0.25, 0.3) is 0 Å². The van der Waals surface area contributed by atoms with E-state index in [9.17, 15) is 4.39 Å². The van der Waals surface area contributed by atoms with Gasteiger partial charge in [0.15, 0.2) is 0 Å². The van der Waals surface area contributed by atoms with Crippen LogP contribution in [0.25, 0.3) is 0 Å². The van der Waals surface area contributed by atoms with Gasteiger partial charge in [0.1, 0.15) is 23.2 Å². The molecule has 7 heteroatoms. The van der Waals surface area contributed by atoms with Gasteiger partial charge in [0.05, 0.1) is 25.1 Å². The van der Waals surface area contributed by atoms with Crippen LogP contribution in [0.3, 0.4) is 0 Å². The maximum Gasteiger partial charge on any atom is 0.145 e. The lowest BCUT2D eigenvalue weighted by Gasteiger charge is -2.37. The maximum absolute atomic E-state index is 13.5. The Hall–Kier alpha value is -2.41. The normalized spacial score (nSPS) is 15.1. The topological polar surface area (TPSA) is 50.7 Å². The van der Waals surface area contributed by atoms with Crippen LogP contribution in [0.15, 0.2) is 24.3 Å². The Morgan fingerprint density at radius 2 is 1.68 bits per heavy atom. The molecule has 0 N–H and O–H groups in total. The van der Waals surface area contributed by atoms with Crippen molar-refractivity contribution in [2.75, 3.05) is 50.2 Å². The summed E-state index contributed by atoms with van der Waals surface area (Å²) in [6.07, 6.45) is 0. The molecule has 2 aromatic rings. The highest BCUT2D eigenvalue weighted by Gasteiger charge is 2.24. The van der Waals surface area contributed by atoms with Crippen molar-refractivity contribution >= 4 is 11.5 Å². The minimum atomic E-state index is -0.291. The van der Waals surface area contributed by atoms with Gasteiger partial charge in [-0.1, -0.05) is 20.8 Å².